The lowest BCUT2D eigenvalue weighted by atomic mass is 10.2. The number of benzene rings is 1. The van der Waals surface area contributed by atoms with Crippen molar-refractivity contribution in [2.75, 3.05) is 18.0 Å². The van der Waals surface area contributed by atoms with Crippen LogP contribution in [-0.4, -0.2) is 41.4 Å². The SMILES string of the molecule is O=C(NC1CCN(c2cccc(OC(F)(F)F)c2)C1)c1cnc(-c2cccnc2)s1. The number of anilines is 1. The average molecular weight is 434 g/mol. The summed E-state index contributed by atoms with van der Waals surface area (Å²) in [5.74, 6) is -0.483. The minimum absolute atomic E-state index is 0.117. The van der Waals surface area contributed by atoms with Crippen LogP contribution in [0.3, 0.4) is 0 Å². The van der Waals surface area contributed by atoms with E-state index in [-0.39, 0.29) is 17.7 Å². The zero-order chi connectivity index (χ0) is 21.1. The normalized spacial score (nSPS) is 16.5. The van der Waals surface area contributed by atoms with E-state index in [1.54, 1.807) is 24.5 Å². The van der Waals surface area contributed by atoms with Gasteiger partial charge in [-0.05, 0) is 30.7 Å². The maximum absolute atomic E-state index is 12.6. The topological polar surface area (TPSA) is 67.4 Å². The van der Waals surface area contributed by atoms with Gasteiger partial charge in [0.15, 0.2) is 0 Å². The van der Waals surface area contributed by atoms with Gasteiger partial charge in [-0.25, -0.2) is 4.98 Å². The highest BCUT2D eigenvalue weighted by molar-refractivity contribution is 7.16. The standard InChI is InChI=1S/C20H17F3N4O2S/c21-20(22,23)29-16-5-1-4-15(9-16)27-8-6-14(12-27)26-18(28)17-11-25-19(30-17)13-3-2-7-24-10-13/h1-5,7,9-11,14H,6,8,12H2,(H,26,28). The van der Waals surface area contributed by atoms with Crippen molar-refractivity contribution in [3.05, 3.63) is 59.9 Å². The Morgan fingerprint density at radius 1 is 1.23 bits per heavy atom. The number of hydrogen-bond donors (Lipinski definition) is 1. The Balaban J connectivity index is 1.37. The van der Waals surface area contributed by atoms with Gasteiger partial charge < -0.3 is 15.0 Å². The Bertz CT molecular complexity index is 1030. The third kappa shape index (κ3) is 4.88. The Kier molecular flexibility index (Phi) is 5.58. The van der Waals surface area contributed by atoms with Gasteiger partial charge in [0.1, 0.15) is 15.6 Å². The number of pyridine rings is 1. The Morgan fingerprint density at radius 3 is 2.87 bits per heavy atom. The Labute approximate surface area is 174 Å². The van der Waals surface area contributed by atoms with Gasteiger partial charge in [-0.3, -0.25) is 9.78 Å². The first-order valence-electron chi connectivity index (χ1n) is 9.15. The van der Waals surface area contributed by atoms with Crippen LogP contribution in [0.25, 0.3) is 10.6 Å². The fourth-order valence-electron chi connectivity index (χ4n) is 3.25. The van der Waals surface area contributed by atoms with Gasteiger partial charge in [0, 0.05) is 48.8 Å². The van der Waals surface area contributed by atoms with E-state index in [0.717, 1.165) is 5.56 Å². The summed E-state index contributed by atoms with van der Waals surface area (Å²) in [5.41, 5.74) is 1.46. The predicted octanol–water partition coefficient (Wildman–Crippen LogP) is 4.11. The molecule has 1 aliphatic heterocycles. The number of ether oxygens (including phenoxy) is 1. The first-order valence-corrected chi connectivity index (χ1v) is 9.97. The van der Waals surface area contributed by atoms with Gasteiger partial charge in [-0.1, -0.05) is 6.07 Å². The molecule has 30 heavy (non-hydrogen) atoms. The molecule has 0 aliphatic carbocycles. The molecule has 6 nitrogen and oxygen atoms in total. The number of nitrogens with zero attached hydrogens (tertiary/aromatic N) is 3. The first-order chi connectivity index (χ1) is 14.4. The van der Waals surface area contributed by atoms with Crippen molar-refractivity contribution in [1.82, 2.24) is 15.3 Å². The lowest BCUT2D eigenvalue weighted by Crippen LogP contribution is -2.36. The van der Waals surface area contributed by atoms with Gasteiger partial charge in [0.2, 0.25) is 0 Å². The van der Waals surface area contributed by atoms with E-state index in [0.29, 0.717) is 35.1 Å². The lowest BCUT2D eigenvalue weighted by Gasteiger charge is -2.20. The molecule has 1 aliphatic rings. The number of carbonyl (C=O) groups excluding carboxylic acids is 1. The summed E-state index contributed by atoms with van der Waals surface area (Å²) < 4.78 is 41.3. The second kappa shape index (κ2) is 8.31. The van der Waals surface area contributed by atoms with Crippen LogP contribution in [-0.2, 0) is 0 Å². The summed E-state index contributed by atoms with van der Waals surface area (Å²) >= 11 is 1.28. The molecule has 0 saturated carbocycles. The highest BCUT2D eigenvalue weighted by Gasteiger charge is 2.31. The number of carbonyl (C=O) groups is 1. The van der Waals surface area contributed by atoms with E-state index in [1.165, 1.54) is 35.7 Å². The summed E-state index contributed by atoms with van der Waals surface area (Å²) in [6, 6.07) is 9.40. The number of halogens is 3. The molecule has 1 fully saturated rings. The second-order valence-electron chi connectivity index (χ2n) is 6.72. The van der Waals surface area contributed by atoms with Crippen molar-refractivity contribution < 1.29 is 22.7 Å². The molecule has 0 spiro atoms. The van der Waals surface area contributed by atoms with E-state index in [1.807, 2.05) is 11.0 Å². The number of alkyl halides is 3. The maximum Gasteiger partial charge on any atom is 0.573 e. The minimum atomic E-state index is -4.73. The van der Waals surface area contributed by atoms with Crippen LogP contribution >= 0.6 is 11.3 Å². The molecule has 1 atom stereocenters. The van der Waals surface area contributed by atoms with Crippen molar-refractivity contribution in [3.8, 4) is 16.3 Å². The highest BCUT2D eigenvalue weighted by Crippen LogP contribution is 2.29. The molecular weight excluding hydrogens is 417 g/mol. The zero-order valence-electron chi connectivity index (χ0n) is 15.6. The van der Waals surface area contributed by atoms with Crippen LogP contribution in [0.4, 0.5) is 18.9 Å². The van der Waals surface area contributed by atoms with Crippen LogP contribution in [0, 0.1) is 0 Å². The van der Waals surface area contributed by atoms with Crippen LogP contribution in [0.15, 0.2) is 55.0 Å². The molecule has 2 aromatic heterocycles. The summed E-state index contributed by atoms with van der Waals surface area (Å²) in [7, 11) is 0. The van der Waals surface area contributed by atoms with Crippen LogP contribution < -0.4 is 15.0 Å². The Hall–Kier alpha value is -3.14. The fraction of sp³-hybridized carbons (Fsp3) is 0.250. The summed E-state index contributed by atoms with van der Waals surface area (Å²) in [6.45, 7) is 1.11. The number of aromatic nitrogens is 2. The molecule has 1 saturated heterocycles. The van der Waals surface area contributed by atoms with Gasteiger partial charge in [-0.2, -0.15) is 0 Å². The quantitative estimate of drug-likeness (QED) is 0.655. The van der Waals surface area contributed by atoms with Crippen LogP contribution in [0.2, 0.25) is 0 Å². The third-order valence-electron chi connectivity index (χ3n) is 4.58. The molecule has 156 valence electrons. The van der Waals surface area contributed by atoms with Crippen molar-refractivity contribution in [2.45, 2.75) is 18.8 Å². The van der Waals surface area contributed by atoms with Crippen molar-refractivity contribution in [2.24, 2.45) is 0 Å². The molecular formula is C20H17F3N4O2S. The van der Waals surface area contributed by atoms with E-state index in [4.69, 9.17) is 0 Å². The predicted molar refractivity (Wildman–Crippen MR) is 107 cm³/mol. The molecule has 1 unspecified atom stereocenters. The molecule has 0 radical (unpaired) electrons. The van der Waals surface area contributed by atoms with Crippen molar-refractivity contribution in [1.29, 1.82) is 0 Å². The number of hydrogen-bond acceptors (Lipinski definition) is 6. The van der Waals surface area contributed by atoms with Gasteiger partial charge in [0.25, 0.3) is 5.91 Å². The molecule has 0 bridgehead atoms. The number of amides is 1. The van der Waals surface area contributed by atoms with Crippen LogP contribution in [0.5, 0.6) is 5.75 Å². The Morgan fingerprint density at radius 2 is 2.10 bits per heavy atom. The number of thiazole rings is 1. The van der Waals surface area contributed by atoms with Gasteiger partial charge >= 0.3 is 6.36 Å². The lowest BCUT2D eigenvalue weighted by molar-refractivity contribution is -0.274. The van der Waals surface area contributed by atoms with Crippen LogP contribution in [0.1, 0.15) is 16.1 Å². The molecule has 1 amide bonds. The van der Waals surface area contributed by atoms with Crippen molar-refractivity contribution in [3.63, 3.8) is 0 Å². The van der Waals surface area contributed by atoms with E-state index < -0.39 is 6.36 Å². The summed E-state index contributed by atoms with van der Waals surface area (Å²) in [4.78, 5) is 23.3. The summed E-state index contributed by atoms with van der Waals surface area (Å²) in [5, 5.41) is 3.69. The summed E-state index contributed by atoms with van der Waals surface area (Å²) in [6.07, 6.45) is 0.842. The monoisotopic (exact) mass is 434 g/mol. The number of nitrogens with one attached hydrogen (secondary N) is 1. The van der Waals surface area contributed by atoms with E-state index >= 15 is 0 Å². The average Bonchev–Trinajstić information content (AvgIpc) is 3.37. The number of rotatable bonds is 5. The largest absolute Gasteiger partial charge is 0.573 e. The van der Waals surface area contributed by atoms with E-state index in [2.05, 4.69) is 20.0 Å². The fourth-order valence-corrected chi connectivity index (χ4v) is 4.06. The molecule has 3 aromatic rings. The molecule has 3 heterocycles. The smallest absolute Gasteiger partial charge is 0.406 e. The molecule has 4 rings (SSSR count). The second-order valence-corrected chi connectivity index (χ2v) is 7.75. The molecule has 1 aromatic carbocycles. The van der Waals surface area contributed by atoms with Gasteiger partial charge in [-0.15, -0.1) is 24.5 Å². The van der Waals surface area contributed by atoms with Gasteiger partial charge in [0.05, 0.1) is 6.20 Å². The molecule has 1 N–H and O–H groups in total. The third-order valence-corrected chi connectivity index (χ3v) is 5.62. The minimum Gasteiger partial charge on any atom is -0.406 e. The van der Waals surface area contributed by atoms with Crippen molar-refractivity contribution >= 4 is 22.9 Å². The highest BCUT2D eigenvalue weighted by atomic mass is 32.1. The first kappa shape index (κ1) is 20.1. The molecule has 10 heteroatoms. The maximum atomic E-state index is 12.6. The van der Waals surface area contributed by atoms with E-state index in [9.17, 15) is 18.0 Å². The zero-order valence-corrected chi connectivity index (χ0v) is 16.4.